The van der Waals surface area contributed by atoms with Gasteiger partial charge in [0, 0.05) is 6.20 Å². The highest BCUT2D eigenvalue weighted by atomic mass is 35.5. The van der Waals surface area contributed by atoms with Crippen LogP contribution in [0.5, 0.6) is 0 Å². The minimum Gasteiger partial charge on any atom is -0.236 e. The summed E-state index contributed by atoms with van der Waals surface area (Å²) in [6.07, 6.45) is -2.43. The largest absolute Gasteiger partial charge is 0.417 e. The molecule has 0 saturated heterocycles. The van der Waals surface area contributed by atoms with Gasteiger partial charge >= 0.3 is 6.18 Å². The van der Waals surface area contributed by atoms with Crippen LogP contribution in [0.15, 0.2) is 18.3 Å². The number of pyridine rings is 1. The third kappa shape index (κ3) is 3.00. The van der Waals surface area contributed by atoms with E-state index in [1.807, 2.05) is 13.0 Å². The van der Waals surface area contributed by atoms with Crippen LogP contribution in [0.1, 0.15) is 30.2 Å². The van der Waals surface area contributed by atoms with Gasteiger partial charge in [0.05, 0.1) is 11.3 Å². The third-order valence-electron chi connectivity index (χ3n) is 2.79. The van der Waals surface area contributed by atoms with Gasteiger partial charge in [-0.15, -0.1) is 0 Å². The zero-order valence-corrected chi connectivity index (χ0v) is 11.7. The second-order valence-electron chi connectivity index (χ2n) is 4.29. The summed E-state index contributed by atoms with van der Waals surface area (Å²) >= 11 is 6.05. The van der Waals surface area contributed by atoms with Crippen LogP contribution in [0, 0.1) is 11.3 Å². The first-order chi connectivity index (χ1) is 9.88. The first-order valence-electron chi connectivity index (χ1n) is 6.09. The lowest BCUT2D eigenvalue weighted by Gasteiger charge is -2.07. The van der Waals surface area contributed by atoms with Gasteiger partial charge in [-0.05, 0) is 18.6 Å². The number of rotatable bonds is 3. The number of aryl methyl sites for hydroxylation is 1. The molecule has 21 heavy (non-hydrogen) atoms. The fourth-order valence-electron chi connectivity index (χ4n) is 1.79. The lowest BCUT2D eigenvalue weighted by Crippen LogP contribution is -2.07. The molecular formula is C13H10ClF3N4. The van der Waals surface area contributed by atoms with Crippen LogP contribution in [-0.4, -0.2) is 14.8 Å². The monoisotopic (exact) mass is 314 g/mol. The van der Waals surface area contributed by atoms with Gasteiger partial charge in [-0.2, -0.15) is 23.5 Å². The van der Waals surface area contributed by atoms with Crippen LogP contribution in [0.2, 0.25) is 5.15 Å². The third-order valence-corrected chi connectivity index (χ3v) is 3.14. The van der Waals surface area contributed by atoms with Crippen LogP contribution < -0.4 is 0 Å². The maximum atomic E-state index is 12.5. The predicted octanol–water partition coefficient (Wildman–Crippen LogP) is 3.76. The fraction of sp³-hybridized carbons (Fsp3) is 0.308. The number of nitrogens with zero attached hydrogens (tertiary/aromatic N) is 4. The average Bonchev–Trinajstić information content (AvgIpc) is 2.74. The Kier molecular flexibility index (Phi) is 4.19. The summed E-state index contributed by atoms with van der Waals surface area (Å²) in [5, 5.41) is 13.3. The highest BCUT2D eigenvalue weighted by Gasteiger charge is 2.31. The van der Waals surface area contributed by atoms with E-state index < -0.39 is 11.7 Å². The number of aromatic nitrogens is 3. The summed E-state index contributed by atoms with van der Waals surface area (Å²) < 4.78 is 38.7. The number of halogens is 4. The number of alkyl halides is 3. The molecule has 2 rings (SSSR count). The first-order valence-corrected chi connectivity index (χ1v) is 6.47. The summed E-state index contributed by atoms with van der Waals surface area (Å²) in [6.45, 7) is 1.92. The van der Waals surface area contributed by atoms with Gasteiger partial charge in [0.15, 0.2) is 11.0 Å². The van der Waals surface area contributed by atoms with Crippen molar-refractivity contribution in [3.63, 3.8) is 0 Å². The van der Waals surface area contributed by atoms with Crippen LogP contribution in [0.4, 0.5) is 13.2 Å². The van der Waals surface area contributed by atoms with E-state index in [1.165, 1.54) is 10.7 Å². The second-order valence-corrected chi connectivity index (χ2v) is 4.65. The Hall–Kier alpha value is -2.07. The van der Waals surface area contributed by atoms with Gasteiger partial charge in [0.2, 0.25) is 0 Å². The van der Waals surface area contributed by atoms with Crippen molar-refractivity contribution in [2.24, 2.45) is 0 Å². The molecule has 0 aliphatic rings. The number of nitriles is 1. The van der Waals surface area contributed by atoms with Crippen molar-refractivity contribution in [1.29, 1.82) is 5.26 Å². The Labute approximate surface area is 123 Å². The van der Waals surface area contributed by atoms with Gasteiger partial charge < -0.3 is 0 Å². The highest BCUT2D eigenvalue weighted by Crippen LogP contribution is 2.29. The Balaban J connectivity index is 2.45. The van der Waals surface area contributed by atoms with Gasteiger partial charge in [0.1, 0.15) is 11.6 Å². The van der Waals surface area contributed by atoms with E-state index in [9.17, 15) is 13.2 Å². The average molecular weight is 315 g/mol. The molecule has 0 spiro atoms. The van der Waals surface area contributed by atoms with E-state index in [0.29, 0.717) is 18.3 Å². The van der Waals surface area contributed by atoms with Crippen molar-refractivity contribution < 1.29 is 13.2 Å². The number of hydrogen-bond acceptors (Lipinski definition) is 3. The van der Waals surface area contributed by atoms with E-state index >= 15 is 0 Å². The summed E-state index contributed by atoms with van der Waals surface area (Å²) in [4.78, 5) is 3.71. The van der Waals surface area contributed by atoms with Gasteiger partial charge in [-0.1, -0.05) is 24.9 Å². The summed E-state index contributed by atoms with van der Waals surface area (Å²) in [7, 11) is 0. The standard InChI is InChI=1S/C13H10ClF3N4/c1-2-3-10-9(6-18)12(14)21(20-10)11-5-4-8(7-19-11)13(15,16)17/h4-5,7H,2-3H2,1H3. The molecule has 0 fully saturated rings. The van der Waals surface area contributed by atoms with E-state index in [2.05, 4.69) is 10.1 Å². The smallest absolute Gasteiger partial charge is 0.236 e. The normalized spacial score (nSPS) is 11.4. The molecule has 2 aromatic rings. The Morgan fingerprint density at radius 3 is 2.57 bits per heavy atom. The first kappa shape index (κ1) is 15.3. The van der Waals surface area contributed by atoms with E-state index in [-0.39, 0.29) is 16.5 Å². The lowest BCUT2D eigenvalue weighted by molar-refractivity contribution is -0.137. The van der Waals surface area contributed by atoms with Gasteiger partial charge in [0.25, 0.3) is 0 Å². The molecule has 0 aromatic carbocycles. The SMILES string of the molecule is CCCc1nn(-c2ccc(C(F)(F)F)cn2)c(Cl)c1C#N. The van der Waals surface area contributed by atoms with Gasteiger partial charge in [-0.3, -0.25) is 0 Å². The Bertz CT molecular complexity index is 683. The quantitative estimate of drug-likeness (QED) is 0.866. The van der Waals surface area contributed by atoms with Crippen molar-refractivity contribution in [2.45, 2.75) is 25.9 Å². The Morgan fingerprint density at radius 2 is 2.10 bits per heavy atom. The van der Waals surface area contributed by atoms with Crippen molar-refractivity contribution in [1.82, 2.24) is 14.8 Å². The molecule has 0 radical (unpaired) electrons. The van der Waals surface area contributed by atoms with E-state index in [4.69, 9.17) is 16.9 Å². The summed E-state index contributed by atoms with van der Waals surface area (Å²) in [5.74, 6) is 0.131. The molecule has 0 amide bonds. The minimum atomic E-state index is -4.45. The minimum absolute atomic E-state index is 0.0493. The van der Waals surface area contributed by atoms with Crippen LogP contribution in [0.3, 0.4) is 0 Å². The van der Waals surface area contributed by atoms with Crippen molar-refractivity contribution in [3.05, 3.63) is 40.3 Å². The van der Waals surface area contributed by atoms with Crippen LogP contribution in [-0.2, 0) is 12.6 Å². The topological polar surface area (TPSA) is 54.5 Å². The molecule has 0 aliphatic heterocycles. The summed E-state index contributed by atoms with van der Waals surface area (Å²) in [6, 6.07) is 4.01. The predicted molar refractivity (Wildman–Crippen MR) is 70.1 cm³/mol. The zero-order chi connectivity index (χ0) is 15.6. The van der Waals surface area contributed by atoms with Crippen LogP contribution in [0.25, 0.3) is 5.82 Å². The molecule has 0 unspecified atom stereocenters. The Morgan fingerprint density at radius 1 is 1.38 bits per heavy atom. The molecule has 0 aliphatic carbocycles. The number of hydrogen-bond donors (Lipinski definition) is 0. The zero-order valence-electron chi connectivity index (χ0n) is 10.9. The van der Waals surface area contributed by atoms with Gasteiger partial charge in [-0.25, -0.2) is 9.67 Å². The molecule has 2 aromatic heterocycles. The van der Waals surface area contributed by atoms with Crippen LogP contribution >= 0.6 is 11.6 Å². The second kappa shape index (κ2) is 5.74. The molecule has 2 heterocycles. The molecule has 0 saturated carbocycles. The maximum absolute atomic E-state index is 12.5. The highest BCUT2D eigenvalue weighted by molar-refractivity contribution is 6.31. The molecule has 0 bridgehead atoms. The molecule has 0 atom stereocenters. The van der Waals surface area contributed by atoms with E-state index in [0.717, 1.165) is 12.5 Å². The van der Waals surface area contributed by atoms with Crippen molar-refractivity contribution >= 4 is 11.6 Å². The maximum Gasteiger partial charge on any atom is 0.417 e. The van der Waals surface area contributed by atoms with Crippen molar-refractivity contribution in [3.8, 4) is 11.9 Å². The summed E-state index contributed by atoms with van der Waals surface area (Å²) in [5.41, 5.74) is -0.129. The van der Waals surface area contributed by atoms with Crippen molar-refractivity contribution in [2.75, 3.05) is 0 Å². The fourth-order valence-corrected chi connectivity index (χ4v) is 2.07. The molecule has 110 valence electrons. The van der Waals surface area contributed by atoms with E-state index in [1.54, 1.807) is 0 Å². The molecular weight excluding hydrogens is 305 g/mol. The molecule has 4 nitrogen and oxygen atoms in total. The molecule has 8 heteroatoms. The molecule has 0 N–H and O–H groups in total. The lowest BCUT2D eigenvalue weighted by atomic mass is 10.2.